The van der Waals surface area contributed by atoms with E-state index in [-0.39, 0.29) is 5.82 Å². The van der Waals surface area contributed by atoms with Crippen LogP contribution in [0.2, 0.25) is 0 Å². The molecule has 112 valence electrons. The molecule has 0 heterocycles. The van der Waals surface area contributed by atoms with Gasteiger partial charge in [0.15, 0.2) is 0 Å². The van der Waals surface area contributed by atoms with E-state index in [0.717, 1.165) is 39.9 Å². The lowest BCUT2D eigenvalue weighted by molar-refractivity contribution is 0.588. The van der Waals surface area contributed by atoms with Crippen LogP contribution < -0.4 is 5.32 Å². The number of nitrogens with one attached hydrogen (secondary N) is 1. The summed E-state index contributed by atoms with van der Waals surface area (Å²) in [5.41, 5.74) is 5.97. The van der Waals surface area contributed by atoms with Gasteiger partial charge in [0, 0.05) is 18.2 Å². The highest BCUT2D eigenvalue weighted by molar-refractivity contribution is 5.72. The summed E-state index contributed by atoms with van der Waals surface area (Å²) in [6.07, 6.45) is 0. The van der Waals surface area contributed by atoms with Crippen molar-refractivity contribution in [3.05, 3.63) is 58.4 Å². The Labute approximate surface area is 127 Å². The van der Waals surface area contributed by atoms with Gasteiger partial charge < -0.3 is 5.32 Å². The summed E-state index contributed by atoms with van der Waals surface area (Å²) in [6.45, 7) is 10.9. The highest BCUT2D eigenvalue weighted by Crippen LogP contribution is 2.31. The molecule has 0 aromatic heterocycles. The Hall–Kier alpha value is -1.67. The van der Waals surface area contributed by atoms with Gasteiger partial charge in [-0.3, -0.25) is 0 Å². The van der Waals surface area contributed by atoms with Crippen molar-refractivity contribution in [2.45, 2.75) is 47.2 Å². The van der Waals surface area contributed by atoms with Crippen LogP contribution in [0.25, 0.3) is 11.1 Å². The third-order valence-corrected chi connectivity index (χ3v) is 3.67. The number of hydrogen-bond acceptors (Lipinski definition) is 1. The minimum Gasteiger partial charge on any atom is -0.310 e. The average molecular weight is 285 g/mol. The van der Waals surface area contributed by atoms with E-state index in [4.69, 9.17) is 0 Å². The molecule has 0 aliphatic carbocycles. The Bertz CT molecular complexity index is 621. The molecule has 0 saturated carbocycles. The van der Waals surface area contributed by atoms with Gasteiger partial charge in [-0.15, -0.1) is 0 Å². The van der Waals surface area contributed by atoms with Gasteiger partial charge in [0.2, 0.25) is 0 Å². The van der Waals surface area contributed by atoms with Crippen molar-refractivity contribution in [2.75, 3.05) is 0 Å². The first kappa shape index (κ1) is 15.7. The Morgan fingerprint density at radius 3 is 2.33 bits per heavy atom. The lowest BCUT2D eigenvalue weighted by Crippen LogP contribution is -2.22. The van der Waals surface area contributed by atoms with Crippen molar-refractivity contribution in [3.8, 4) is 11.1 Å². The molecular weight excluding hydrogens is 261 g/mol. The standard InChI is InChI=1S/C19H24FN/c1-12(2)21-11-16-7-6-13(3)9-17(16)19-15(5)8-14(4)10-18(19)20/h6-10,12,21H,11H2,1-5H3. The minimum atomic E-state index is -0.135. The average Bonchev–Trinajstić information content (AvgIpc) is 2.36. The minimum absolute atomic E-state index is 0.135. The van der Waals surface area contributed by atoms with Crippen LogP contribution >= 0.6 is 0 Å². The van der Waals surface area contributed by atoms with Crippen LogP contribution in [0.3, 0.4) is 0 Å². The van der Waals surface area contributed by atoms with Gasteiger partial charge in [0.25, 0.3) is 0 Å². The quantitative estimate of drug-likeness (QED) is 0.841. The van der Waals surface area contributed by atoms with E-state index < -0.39 is 0 Å². The molecule has 0 radical (unpaired) electrons. The Kier molecular flexibility index (Phi) is 4.79. The number of halogens is 1. The van der Waals surface area contributed by atoms with Crippen molar-refractivity contribution in [1.82, 2.24) is 5.32 Å². The molecule has 2 aromatic rings. The summed E-state index contributed by atoms with van der Waals surface area (Å²) < 4.78 is 14.5. The number of benzene rings is 2. The molecular formula is C19H24FN. The van der Waals surface area contributed by atoms with Crippen molar-refractivity contribution in [2.24, 2.45) is 0 Å². The molecule has 0 atom stereocenters. The molecule has 0 unspecified atom stereocenters. The molecule has 0 saturated heterocycles. The molecule has 2 rings (SSSR count). The highest BCUT2D eigenvalue weighted by atomic mass is 19.1. The molecule has 21 heavy (non-hydrogen) atoms. The molecule has 1 nitrogen and oxygen atoms in total. The molecule has 0 aliphatic rings. The largest absolute Gasteiger partial charge is 0.310 e. The van der Waals surface area contributed by atoms with E-state index >= 15 is 0 Å². The summed E-state index contributed by atoms with van der Waals surface area (Å²) in [5, 5.41) is 3.42. The zero-order valence-corrected chi connectivity index (χ0v) is 13.5. The van der Waals surface area contributed by atoms with E-state index in [1.54, 1.807) is 6.07 Å². The lowest BCUT2D eigenvalue weighted by atomic mass is 9.92. The fraction of sp³-hybridized carbons (Fsp3) is 0.368. The normalized spacial score (nSPS) is 11.2. The van der Waals surface area contributed by atoms with Crippen molar-refractivity contribution in [3.63, 3.8) is 0 Å². The monoisotopic (exact) mass is 285 g/mol. The third-order valence-electron chi connectivity index (χ3n) is 3.67. The van der Waals surface area contributed by atoms with E-state index in [1.807, 2.05) is 26.8 Å². The molecule has 0 bridgehead atoms. The van der Waals surface area contributed by atoms with Gasteiger partial charge in [-0.2, -0.15) is 0 Å². The highest BCUT2D eigenvalue weighted by Gasteiger charge is 2.13. The fourth-order valence-corrected chi connectivity index (χ4v) is 2.65. The molecule has 2 heteroatoms. The first-order chi connectivity index (χ1) is 9.88. The number of rotatable bonds is 4. The van der Waals surface area contributed by atoms with Crippen LogP contribution in [0, 0.1) is 26.6 Å². The predicted octanol–water partition coefficient (Wildman–Crippen LogP) is 4.92. The maximum Gasteiger partial charge on any atom is 0.131 e. The first-order valence-corrected chi connectivity index (χ1v) is 7.48. The number of hydrogen-bond donors (Lipinski definition) is 1. The number of aryl methyl sites for hydroxylation is 3. The van der Waals surface area contributed by atoms with Gasteiger partial charge in [-0.05, 0) is 49.1 Å². The van der Waals surface area contributed by atoms with E-state index in [0.29, 0.717) is 6.04 Å². The van der Waals surface area contributed by atoms with E-state index in [2.05, 4.69) is 37.4 Å². The topological polar surface area (TPSA) is 12.0 Å². The van der Waals surface area contributed by atoms with Crippen LogP contribution in [0.4, 0.5) is 4.39 Å². The second-order valence-corrected chi connectivity index (χ2v) is 6.13. The Morgan fingerprint density at radius 1 is 1.00 bits per heavy atom. The summed E-state index contributed by atoms with van der Waals surface area (Å²) in [7, 11) is 0. The SMILES string of the molecule is Cc1cc(C)c(-c2cc(C)ccc2CNC(C)C)c(F)c1. The third kappa shape index (κ3) is 3.70. The van der Waals surface area contributed by atoms with Gasteiger partial charge in [-0.1, -0.05) is 43.7 Å². The van der Waals surface area contributed by atoms with Crippen molar-refractivity contribution in [1.29, 1.82) is 0 Å². The van der Waals surface area contributed by atoms with Gasteiger partial charge in [0.05, 0.1) is 0 Å². The van der Waals surface area contributed by atoms with Crippen LogP contribution in [0.15, 0.2) is 30.3 Å². The smallest absolute Gasteiger partial charge is 0.131 e. The van der Waals surface area contributed by atoms with E-state index in [9.17, 15) is 4.39 Å². The second-order valence-electron chi connectivity index (χ2n) is 6.13. The van der Waals surface area contributed by atoms with Gasteiger partial charge >= 0.3 is 0 Å². The van der Waals surface area contributed by atoms with Crippen molar-refractivity contribution < 1.29 is 4.39 Å². The summed E-state index contributed by atoms with van der Waals surface area (Å²) in [6, 6.07) is 10.3. The molecule has 0 amide bonds. The summed E-state index contributed by atoms with van der Waals surface area (Å²) in [5.74, 6) is -0.135. The maximum atomic E-state index is 14.5. The molecule has 0 aliphatic heterocycles. The van der Waals surface area contributed by atoms with Crippen LogP contribution in [-0.4, -0.2) is 6.04 Å². The summed E-state index contributed by atoms with van der Waals surface area (Å²) in [4.78, 5) is 0. The summed E-state index contributed by atoms with van der Waals surface area (Å²) >= 11 is 0. The van der Waals surface area contributed by atoms with Gasteiger partial charge in [-0.25, -0.2) is 4.39 Å². The van der Waals surface area contributed by atoms with E-state index in [1.165, 1.54) is 0 Å². The van der Waals surface area contributed by atoms with Crippen molar-refractivity contribution >= 4 is 0 Å². The molecule has 0 spiro atoms. The van der Waals surface area contributed by atoms with Crippen LogP contribution in [0.1, 0.15) is 36.1 Å². The zero-order chi connectivity index (χ0) is 15.6. The maximum absolute atomic E-state index is 14.5. The van der Waals surface area contributed by atoms with Crippen LogP contribution in [-0.2, 0) is 6.54 Å². The lowest BCUT2D eigenvalue weighted by Gasteiger charge is -2.16. The van der Waals surface area contributed by atoms with Crippen LogP contribution in [0.5, 0.6) is 0 Å². The fourth-order valence-electron chi connectivity index (χ4n) is 2.65. The molecule has 0 fully saturated rings. The van der Waals surface area contributed by atoms with Gasteiger partial charge in [0.1, 0.15) is 5.82 Å². The Morgan fingerprint density at radius 2 is 1.71 bits per heavy atom. The Balaban J connectivity index is 2.54. The zero-order valence-electron chi connectivity index (χ0n) is 13.5. The predicted molar refractivity (Wildman–Crippen MR) is 88.0 cm³/mol. The molecule has 2 aromatic carbocycles. The molecule has 1 N–H and O–H groups in total. The first-order valence-electron chi connectivity index (χ1n) is 7.48. The second kappa shape index (κ2) is 6.40.